The Bertz CT molecular complexity index is 602. The molecule has 0 saturated carbocycles. The summed E-state index contributed by atoms with van der Waals surface area (Å²) >= 11 is 1.48. The Morgan fingerprint density at radius 2 is 2.10 bits per heavy atom. The number of nitrogens with two attached hydrogens (primary N) is 1. The summed E-state index contributed by atoms with van der Waals surface area (Å²) < 4.78 is 1.49. The first-order chi connectivity index (χ1) is 9.61. The Morgan fingerprint density at radius 3 is 2.65 bits per heavy atom. The number of aromatic nitrogens is 3. The molecule has 1 atom stereocenters. The van der Waals surface area contributed by atoms with E-state index < -0.39 is 0 Å². The molecule has 20 heavy (non-hydrogen) atoms. The molecule has 0 spiro atoms. The summed E-state index contributed by atoms with van der Waals surface area (Å²) in [4.78, 5) is 11.3. The first-order valence-electron chi connectivity index (χ1n) is 6.70. The normalized spacial score (nSPS) is 12.6. The van der Waals surface area contributed by atoms with Crippen molar-refractivity contribution in [2.45, 2.75) is 31.0 Å². The maximum Gasteiger partial charge on any atom is 0.343 e. The summed E-state index contributed by atoms with van der Waals surface area (Å²) in [6, 6.07) is 8.36. The number of nitrogens with one attached hydrogen (secondary N) is 1. The van der Waals surface area contributed by atoms with Crippen molar-refractivity contribution in [2.75, 3.05) is 5.75 Å². The summed E-state index contributed by atoms with van der Waals surface area (Å²) in [5, 5.41) is 7.03. The van der Waals surface area contributed by atoms with Crippen LogP contribution in [-0.4, -0.2) is 20.5 Å². The number of aromatic amines is 1. The minimum absolute atomic E-state index is 0.0671. The topological polar surface area (TPSA) is 76.7 Å². The Morgan fingerprint density at radius 1 is 1.40 bits per heavy atom. The van der Waals surface area contributed by atoms with Crippen LogP contribution in [0.2, 0.25) is 0 Å². The number of hydrogen-bond acceptors (Lipinski definition) is 4. The molecular formula is C14H20N4OS. The molecule has 0 fully saturated rings. The third-order valence-corrected chi connectivity index (χ3v) is 4.33. The second-order valence-electron chi connectivity index (χ2n) is 4.78. The largest absolute Gasteiger partial charge is 0.343 e. The van der Waals surface area contributed by atoms with Gasteiger partial charge in [-0.2, -0.15) is 0 Å². The molecule has 3 N–H and O–H groups in total. The lowest BCUT2D eigenvalue weighted by atomic mass is 10.0. The molecule has 2 rings (SSSR count). The second-order valence-corrected chi connectivity index (χ2v) is 5.77. The van der Waals surface area contributed by atoms with Gasteiger partial charge in [-0.15, -0.1) is 5.10 Å². The zero-order valence-corrected chi connectivity index (χ0v) is 12.6. The molecule has 1 heterocycles. The molecule has 0 aliphatic carbocycles. The van der Waals surface area contributed by atoms with Crippen LogP contribution in [0.1, 0.15) is 30.5 Å². The number of nitrogens with zero attached hydrogens (tertiary/aromatic N) is 2. The molecule has 0 radical (unpaired) electrons. The summed E-state index contributed by atoms with van der Waals surface area (Å²) in [5.74, 6) is 0.686. The number of hydrogen-bond donors (Lipinski definition) is 2. The molecule has 2 aromatic rings. The van der Waals surface area contributed by atoms with Crippen LogP contribution in [0.15, 0.2) is 34.2 Å². The zero-order chi connectivity index (χ0) is 14.5. The van der Waals surface area contributed by atoms with Crippen LogP contribution < -0.4 is 11.4 Å². The third kappa shape index (κ3) is 3.52. The minimum atomic E-state index is -0.204. The van der Waals surface area contributed by atoms with E-state index in [9.17, 15) is 4.79 Å². The molecule has 6 heteroatoms. The number of rotatable bonds is 6. The fraction of sp³-hybridized carbons (Fsp3) is 0.429. The smallest absolute Gasteiger partial charge is 0.323 e. The van der Waals surface area contributed by atoms with Crippen molar-refractivity contribution in [2.24, 2.45) is 12.8 Å². The van der Waals surface area contributed by atoms with Crippen LogP contribution in [-0.2, 0) is 13.5 Å². The molecule has 0 saturated heterocycles. The second kappa shape index (κ2) is 6.76. The summed E-state index contributed by atoms with van der Waals surface area (Å²) in [6.07, 6.45) is 2.24. The van der Waals surface area contributed by atoms with Gasteiger partial charge in [0.25, 0.3) is 0 Å². The van der Waals surface area contributed by atoms with E-state index in [1.54, 1.807) is 7.05 Å². The summed E-state index contributed by atoms with van der Waals surface area (Å²) in [7, 11) is 1.69. The maximum absolute atomic E-state index is 11.3. The van der Waals surface area contributed by atoms with Crippen LogP contribution in [0.25, 0.3) is 0 Å². The standard InChI is InChI=1S/C14H20N4OS/c1-3-4-10-5-7-11(8-6-10)12(15)9-20-14-17-16-13(19)18(14)2/h5-8,12H,3-4,9,15H2,1-2H3,(H,16,19). The predicted octanol–water partition coefficient (Wildman–Crippen LogP) is 1.85. The highest BCUT2D eigenvalue weighted by Gasteiger charge is 2.10. The monoisotopic (exact) mass is 292 g/mol. The average molecular weight is 292 g/mol. The molecule has 0 aliphatic rings. The Hall–Kier alpha value is -1.53. The van der Waals surface area contributed by atoms with Gasteiger partial charge in [0.15, 0.2) is 5.16 Å². The quantitative estimate of drug-likeness (QED) is 0.797. The van der Waals surface area contributed by atoms with Gasteiger partial charge in [-0.3, -0.25) is 4.57 Å². The number of H-pyrrole nitrogens is 1. The van der Waals surface area contributed by atoms with Crippen LogP contribution in [0.5, 0.6) is 0 Å². The highest BCUT2D eigenvalue weighted by atomic mass is 32.2. The number of benzene rings is 1. The van der Waals surface area contributed by atoms with Gasteiger partial charge in [-0.1, -0.05) is 49.4 Å². The Labute approximate surface area is 122 Å². The van der Waals surface area contributed by atoms with Crippen LogP contribution in [0.3, 0.4) is 0 Å². The van der Waals surface area contributed by atoms with Gasteiger partial charge in [0.05, 0.1) is 0 Å². The summed E-state index contributed by atoms with van der Waals surface area (Å²) in [6.45, 7) is 2.17. The van der Waals surface area contributed by atoms with Crippen molar-refractivity contribution in [1.82, 2.24) is 14.8 Å². The maximum atomic E-state index is 11.3. The van der Waals surface area contributed by atoms with Crippen LogP contribution >= 0.6 is 11.8 Å². The zero-order valence-electron chi connectivity index (χ0n) is 11.8. The lowest BCUT2D eigenvalue weighted by Gasteiger charge is -2.11. The van der Waals surface area contributed by atoms with Crippen molar-refractivity contribution in [3.8, 4) is 0 Å². The molecule has 1 aromatic heterocycles. The van der Waals surface area contributed by atoms with E-state index in [0.717, 1.165) is 18.4 Å². The highest BCUT2D eigenvalue weighted by molar-refractivity contribution is 7.99. The lowest BCUT2D eigenvalue weighted by Crippen LogP contribution is -2.15. The van der Waals surface area contributed by atoms with Crippen molar-refractivity contribution < 1.29 is 0 Å². The Balaban J connectivity index is 1.96. The Kier molecular flexibility index (Phi) is 5.03. The fourth-order valence-corrected chi connectivity index (χ4v) is 2.85. The fourth-order valence-electron chi connectivity index (χ4n) is 1.94. The van der Waals surface area contributed by atoms with Gasteiger partial charge in [0, 0.05) is 18.8 Å². The van der Waals surface area contributed by atoms with Gasteiger partial charge in [0.2, 0.25) is 0 Å². The van der Waals surface area contributed by atoms with Gasteiger partial charge in [-0.25, -0.2) is 9.89 Å². The first kappa shape index (κ1) is 14.9. The van der Waals surface area contributed by atoms with E-state index >= 15 is 0 Å². The van der Waals surface area contributed by atoms with Gasteiger partial charge < -0.3 is 5.73 Å². The van der Waals surface area contributed by atoms with E-state index in [2.05, 4.69) is 41.4 Å². The van der Waals surface area contributed by atoms with Crippen molar-refractivity contribution in [1.29, 1.82) is 0 Å². The van der Waals surface area contributed by atoms with E-state index in [0.29, 0.717) is 10.9 Å². The van der Waals surface area contributed by atoms with Crippen molar-refractivity contribution in [3.63, 3.8) is 0 Å². The first-order valence-corrected chi connectivity index (χ1v) is 7.69. The molecule has 1 aromatic carbocycles. The average Bonchev–Trinajstić information content (AvgIpc) is 2.77. The molecule has 0 amide bonds. The van der Waals surface area contributed by atoms with E-state index in [1.165, 1.54) is 21.9 Å². The predicted molar refractivity (Wildman–Crippen MR) is 81.9 cm³/mol. The minimum Gasteiger partial charge on any atom is -0.323 e. The van der Waals surface area contributed by atoms with E-state index in [-0.39, 0.29) is 11.7 Å². The van der Waals surface area contributed by atoms with Crippen LogP contribution in [0, 0.1) is 0 Å². The van der Waals surface area contributed by atoms with Crippen molar-refractivity contribution >= 4 is 11.8 Å². The molecule has 0 aliphatic heterocycles. The molecule has 108 valence electrons. The highest BCUT2D eigenvalue weighted by Crippen LogP contribution is 2.21. The van der Waals surface area contributed by atoms with Crippen molar-refractivity contribution in [3.05, 3.63) is 45.9 Å². The van der Waals surface area contributed by atoms with Crippen LogP contribution in [0.4, 0.5) is 0 Å². The van der Waals surface area contributed by atoms with Gasteiger partial charge in [-0.05, 0) is 17.5 Å². The third-order valence-electron chi connectivity index (χ3n) is 3.18. The molecule has 0 bridgehead atoms. The molecular weight excluding hydrogens is 272 g/mol. The van der Waals surface area contributed by atoms with E-state index in [4.69, 9.17) is 5.73 Å². The van der Waals surface area contributed by atoms with Gasteiger partial charge >= 0.3 is 5.69 Å². The molecule has 5 nitrogen and oxygen atoms in total. The molecule has 1 unspecified atom stereocenters. The summed E-state index contributed by atoms with van der Waals surface area (Å²) in [5.41, 5.74) is 8.42. The lowest BCUT2D eigenvalue weighted by molar-refractivity contribution is 0.759. The number of thioether (sulfide) groups is 1. The van der Waals surface area contributed by atoms with Gasteiger partial charge in [0.1, 0.15) is 0 Å². The number of aryl methyl sites for hydroxylation is 1. The SMILES string of the molecule is CCCc1ccc(C(N)CSc2n[nH]c(=O)n2C)cc1. The van der Waals surface area contributed by atoms with E-state index in [1.807, 2.05) is 0 Å².